The van der Waals surface area contributed by atoms with Gasteiger partial charge in [-0.15, -0.1) is 11.3 Å². The normalized spacial score (nSPS) is 15.4. The third-order valence-corrected chi connectivity index (χ3v) is 6.55. The van der Waals surface area contributed by atoms with Crippen molar-refractivity contribution in [2.24, 2.45) is 0 Å². The third-order valence-electron chi connectivity index (χ3n) is 5.64. The lowest BCUT2D eigenvalue weighted by Crippen LogP contribution is -2.27. The van der Waals surface area contributed by atoms with E-state index in [0.717, 1.165) is 54.1 Å². The summed E-state index contributed by atoms with van der Waals surface area (Å²) in [5.41, 5.74) is 4.72. The second-order valence-electron chi connectivity index (χ2n) is 7.67. The second kappa shape index (κ2) is 9.85. The molecule has 30 heavy (non-hydrogen) atoms. The van der Waals surface area contributed by atoms with Gasteiger partial charge in [0.2, 0.25) is 5.91 Å². The van der Waals surface area contributed by atoms with Crippen molar-refractivity contribution in [1.82, 2.24) is 15.3 Å². The van der Waals surface area contributed by atoms with Gasteiger partial charge in [-0.2, -0.15) is 0 Å². The molecule has 5 nitrogen and oxygen atoms in total. The Hall–Kier alpha value is -2.73. The van der Waals surface area contributed by atoms with Crippen LogP contribution >= 0.6 is 11.3 Å². The summed E-state index contributed by atoms with van der Waals surface area (Å²) in [6.07, 6.45) is 9.17. The minimum atomic E-state index is 0.139. The Kier molecular flexibility index (Phi) is 6.74. The summed E-state index contributed by atoms with van der Waals surface area (Å²) < 4.78 is 5.34. The van der Waals surface area contributed by atoms with Crippen LogP contribution in [-0.4, -0.2) is 29.5 Å². The van der Waals surface area contributed by atoms with Gasteiger partial charge in [0.25, 0.3) is 0 Å². The largest absolute Gasteiger partial charge is 0.497 e. The fourth-order valence-corrected chi connectivity index (χ4v) is 4.92. The molecule has 1 atom stereocenters. The van der Waals surface area contributed by atoms with Crippen molar-refractivity contribution in [2.45, 2.75) is 44.4 Å². The highest BCUT2D eigenvalue weighted by molar-refractivity contribution is 7.09. The fraction of sp³-hybridized carbons (Fsp3) is 0.375. The van der Waals surface area contributed by atoms with Crippen LogP contribution < -0.4 is 10.1 Å². The molecule has 1 aliphatic rings. The summed E-state index contributed by atoms with van der Waals surface area (Å²) in [6.45, 7) is 0.686. The number of rotatable bonds is 8. The molecular formula is C24H27N3O2S. The van der Waals surface area contributed by atoms with Crippen LogP contribution in [0.3, 0.4) is 0 Å². The molecule has 1 N–H and O–H groups in total. The highest BCUT2D eigenvalue weighted by atomic mass is 32.1. The maximum atomic E-state index is 12.5. The smallest absolute Gasteiger partial charge is 0.220 e. The number of ether oxygens (including phenoxy) is 1. The molecule has 0 bridgehead atoms. The molecule has 1 aromatic carbocycles. The highest BCUT2D eigenvalue weighted by Crippen LogP contribution is 2.35. The van der Waals surface area contributed by atoms with E-state index in [9.17, 15) is 4.79 Å². The molecule has 0 spiro atoms. The van der Waals surface area contributed by atoms with Crippen molar-refractivity contribution in [3.63, 3.8) is 0 Å². The van der Waals surface area contributed by atoms with Crippen LogP contribution in [0.5, 0.6) is 5.75 Å². The summed E-state index contributed by atoms with van der Waals surface area (Å²) in [5.74, 6) is 1.34. The lowest BCUT2D eigenvalue weighted by molar-refractivity contribution is -0.121. The van der Waals surface area contributed by atoms with E-state index in [-0.39, 0.29) is 5.91 Å². The maximum absolute atomic E-state index is 12.5. The van der Waals surface area contributed by atoms with E-state index in [4.69, 9.17) is 9.72 Å². The quantitative estimate of drug-likeness (QED) is 0.532. The predicted molar refractivity (Wildman–Crippen MR) is 120 cm³/mol. The minimum Gasteiger partial charge on any atom is -0.497 e. The van der Waals surface area contributed by atoms with Gasteiger partial charge in [-0.25, -0.2) is 4.98 Å². The van der Waals surface area contributed by atoms with E-state index < -0.39 is 0 Å². The number of methoxy groups -OCH3 is 1. The number of fused-ring (bicyclic) bond motifs is 1. The second-order valence-corrected chi connectivity index (χ2v) is 8.62. The van der Waals surface area contributed by atoms with Gasteiger partial charge in [-0.1, -0.05) is 6.07 Å². The lowest BCUT2D eigenvalue weighted by Gasteiger charge is -2.25. The van der Waals surface area contributed by atoms with Crippen LogP contribution in [-0.2, 0) is 17.6 Å². The van der Waals surface area contributed by atoms with Crippen molar-refractivity contribution in [1.29, 1.82) is 0 Å². The number of pyridine rings is 1. The summed E-state index contributed by atoms with van der Waals surface area (Å²) in [7, 11) is 1.70. The zero-order valence-corrected chi connectivity index (χ0v) is 18.1. The van der Waals surface area contributed by atoms with Crippen LogP contribution in [0.15, 0.2) is 48.1 Å². The number of amides is 1. The molecule has 1 aliphatic carbocycles. The Labute approximate surface area is 181 Å². The van der Waals surface area contributed by atoms with Gasteiger partial charge < -0.3 is 10.1 Å². The van der Waals surface area contributed by atoms with Crippen molar-refractivity contribution in [3.8, 4) is 17.0 Å². The average molecular weight is 422 g/mol. The number of aryl methyl sites for hydroxylation is 2. The number of benzene rings is 1. The number of aromatic nitrogens is 2. The fourth-order valence-electron chi connectivity index (χ4n) is 4.07. The first-order valence-electron chi connectivity index (χ1n) is 10.5. The van der Waals surface area contributed by atoms with Gasteiger partial charge in [0.1, 0.15) is 5.75 Å². The number of nitrogens with one attached hydrogen (secondary N) is 1. The van der Waals surface area contributed by atoms with E-state index >= 15 is 0 Å². The zero-order chi connectivity index (χ0) is 20.8. The van der Waals surface area contributed by atoms with Crippen LogP contribution in [0.25, 0.3) is 11.3 Å². The molecular weight excluding hydrogens is 394 g/mol. The minimum absolute atomic E-state index is 0.139. The summed E-state index contributed by atoms with van der Waals surface area (Å²) in [5, 5.41) is 6.28. The number of carbonyl (C=O) groups excluding carboxylic acids is 1. The van der Waals surface area contributed by atoms with E-state index in [2.05, 4.69) is 27.8 Å². The van der Waals surface area contributed by atoms with Gasteiger partial charge in [0, 0.05) is 42.7 Å². The monoisotopic (exact) mass is 421 g/mol. The average Bonchev–Trinajstić information content (AvgIpc) is 3.26. The summed E-state index contributed by atoms with van der Waals surface area (Å²) in [6, 6.07) is 10.2. The standard InChI is InChI=1S/C24H27N3O2S/c1-29-20-7-8-21-18(14-20)4-2-5-19(21)15-23(28)26-11-3-6-24-27-22(16-30-24)17-9-12-25-13-10-17/h7-10,12-14,16,19H,2-6,11,15H2,1H3,(H,26,28). The first-order valence-corrected chi connectivity index (χ1v) is 11.4. The lowest BCUT2D eigenvalue weighted by atomic mass is 9.81. The molecule has 3 aromatic rings. The molecule has 156 valence electrons. The first kappa shape index (κ1) is 20.5. The van der Waals surface area contributed by atoms with Crippen molar-refractivity contribution >= 4 is 17.2 Å². The predicted octanol–water partition coefficient (Wildman–Crippen LogP) is 4.77. The Bertz CT molecular complexity index is 987. The van der Waals surface area contributed by atoms with Gasteiger partial charge in [0.05, 0.1) is 17.8 Å². The van der Waals surface area contributed by atoms with E-state index in [1.807, 2.05) is 18.2 Å². The van der Waals surface area contributed by atoms with Crippen molar-refractivity contribution in [3.05, 3.63) is 64.2 Å². The van der Waals surface area contributed by atoms with E-state index in [1.54, 1.807) is 30.8 Å². The molecule has 0 aliphatic heterocycles. The van der Waals surface area contributed by atoms with Crippen LogP contribution in [0.4, 0.5) is 0 Å². The Morgan fingerprint density at radius 2 is 2.13 bits per heavy atom. The SMILES string of the molecule is COc1ccc2c(c1)CCCC2CC(=O)NCCCc1nc(-c2ccncc2)cs1. The van der Waals surface area contributed by atoms with Crippen molar-refractivity contribution < 1.29 is 9.53 Å². The van der Waals surface area contributed by atoms with E-state index in [1.165, 1.54) is 11.1 Å². The summed E-state index contributed by atoms with van der Waals surface area (Å²) >= 11 is 1.67. The Morgan fingerprint density at radius 3 is 2.97 bits per heavy atom. The molecule has 0 saturated carbocycles. The van der Waals surface area contributed by atoms with Crippen LogP contribution in [0, 0.1) is 0 Å². The molecule has 0 radical (unpaired) electrons. The van der Waals surface area contributed by atoms with Crippen LogP contribution in [0.1, 0.15) is 47.7 Å². The van der Waals surface area contributed by atoms with Crippen LogP contribution in [0.2, 0.25) is 0 Å². The molecule has 4 rings (SSSR count). The van der Waals surface area contributed by atoms with E-state index in [0.29, 0.717) is 18.9 Å². The number of hydrogen-bond acceptors (Lipinski definition) is 5. The van der Waals surface area contributed by atoms with Crippen molar-refractivity contribution in [2.75, 3.05) is 13.7 Å². The molecule has 2 heterocycles. The Morgan fingerprint density at radius 1 is 1.27 bits per heavy atom. The molecule has 0 saturated heterocycles. The van der Waals surface area contributed by atoms with Gasteiger partial charge in [-0.3, -0.25) is 9.78 Å². The highest BCUT2D eigenvalue weighted by Gasteiger charge is 2.23. The molecule has 1 amide bonds. The maximum Gasteiger partial charge on any atom is 0.220 e. The van der Waals surface area contributed by atoms with Gasteiger partial charge in [0.15, 0.2) is 0 Å². The topological polar surface area (TPSA) is 64.1 Å². The molecule has 6 heteroatoms. The molecule has 2 aromatic heterocycles. The molecule has 1 unspecified atom stereocenters. The first-order chi connectivity index (χ1) is 14.7. The van der Waals surface area contributed by atoms with Gasteiger partial charge >= 0.3 is 0 Å². The Balaban J connectivity index is 1.23. The third kappa shape index (κ3) is 5.05. The number of thiazole rings is 1. The number of nitrogens with zero attached hydrogens (tertiary/aromatic N) is 2. The molecule has 0 fully saturated rings. The number of hydrogen-bond donors (Lipinski definition) is 1. The number of carbonyl (C=O) groups is 1. The van der Waals surface area contributed by atoms with Gasteiger partial charge in [-0.05, 0) is 67.0 Å². The summed E-state index contributed by atoms with van der Waals surface area (Å²) in [4.78, 5) is 21.2. The zero-order valence-electron chi connectivity index (χ0n) is 17.3.